The molecule has 1 amide bonds. The standard InChI is InChI=1S/C10H11ClFNO2/c1-6(15-2)10(14)13-9-7(11)4-3-5-8(9)12/h3-6H,1-2H3,(H,13,14). The van der Waals surface area contributed by atoms with Crippen LogP contribution in [0, 0.1) is 5.82 Å². The van der Waals surface area contributed by atoms with E-state index < -0.39 is 17.8 Å². The fourth-order valence-corrected chi connectivity index (χ4v) is 1.16. The average Bonchev–Trinajstić information content (AvgIpc) is 2.22. The van der Waals surface area contributed by atoms with E-state index in [1.54, 1.807) is 6.92 Å². The third-order valence-electron chi connectivity index (χ3n) is 1.93. The third kappa shape index (κ3) is 2.91. The maximum atomic E-state index is 13.2. The van der Waals surface area contributed by atoms with Crippen LogP contribution in [0.25, 0.3) is 0 Å². The monoisotopic (exact) mass is 231 g/mol. The van der Waals surface area contributed by atoms with Gasteiger partial charge in [0.15, 0.2) is 0 Å². The Labute approximate surface area is 92.2 Å². The summed E-state index contributed by atoms with van der Waals surface area (Å²) in [5, 5.41) is 2.52. The number of amides is 1. The fraction of sp³-hybridized carbons (Fsp3) is 0.300. The van der Waals surface area contributed by atoms with Crippen molar-refractivity contribution in [1.29, 1.82) is 0 Å². The maximum absolute atomic E-state index is 13.2. The summed E-state index contributed by atoms with van der Waals surface area (Å²) in [6.07, 6.45) is -0.652. The van der Waals surface area contributed by atoms with Crippen molar-refractivity contribution in [3.8, 4) is 0 Å². The van der Waals surface area contributed by atoms with Gasteiger partial charge in [-0.2, -0.15) is 0 Å². The van der Waals surface area contributed by atoms with Gasteiger partial charge in [-0.1, -0.05) is 17.7 Å². The van der Waals surface area contributed by atoms with Gasteiger partial charge in [0.25, 0.3) is 5.91 Å². The lowest BCUT2D eigenvalue weighted by Gasteiger charge is -2.11. The number of methoxy groups -OCH3 is 1. The minimum absolute atomic E-state index is 0.0203. The first kappa shape index (κ1) is 11.9. The number of hydrogen-bond donors (Lipinski definition) is 1. The van der Waals surface area contributed by atoms with Crippen LogP contribution in [-0.4, -0.2) is 19.1 Å². The predicted molar refractivity (Wildman–Crippen MR) is 56.5 cm³/mol. The molecule has 0 heterocycles. The molecule has 0 saturated carbocycles. The number of halogens is 2. The Morgan fingerprint density at radius 3 is 2.80 bits per heavy atom. The fourth-order valence-electron chi connectivity index (χ4n) is 0.949. The number of ether oxygens (including phenoxy) is 1. The molecule has 0 aliphatic carbocycles. The van der Waals surface area contributed by atoms with E-state index in [1.165, 1.54) is 25.3 Å². The zero-order valence-corrected chi connectivity index (χ0v) is 9.14. The molecular weight excluding hydrogens is 221 g/mol. The number of anilines is 1. The number of para-hydroxylation sites is 1. The van der Waals surface area contributed by atoms with Crippen LogP contribution in [0.2, 0.25) is 5.02 Å². The van der Waals surface area contributed by atoms with Gasteiger partial charge in [-0.25, -0.2) is 4.39 Å². The molecule has 1 atom stereocenters. The van der Waals surface area contributed by atoms with Crippen LogP contribution in [0.15, 0.2) is 18.2 Å². The Balaban J connectivity index is 2.85. The molecule has 1 aromatic carbocycles. The van der Waals surface area contributed by atoms with Crippen molar-refractivity contribution in [3.05, 3.63) is 29.0 Å². The molecule has 0 saturated heterocycles. The van der Waals surface area contributed by atoms with Gasteiger partial charge in [-0.05, 0) is 19.1 Å². The molecule has 0 bridgehead atoms. The largest absolute Gasteiger partial charge is 0.372 e. The highest BCUT2D eigenvalue weighted by molar-refractivity contribution is 6.33. The van der Waals surface area contributed by atoms with Gasteiger partial charge < -0.3 is 10.1 Å². The second-order valence-electron chi connectivity index (χ2n) is 2.96. The van der Waals surface area contributed by atoms with Crippen molar-refractivity contribution in [2.24, 2.45) is 0 Å². The minimum atomic E-state index is -0.652. The smallest absolute Gasteiger partial charge is 0.253 e. The predicted octanol–water partition coefficient (Wildman–Crippen LogP) is 2.45. The lowest BCUT2D eigenvalue weighted by atomic mass is 10.3. The molecule has 0 aliphatic heterocycles. The van der Waals surface area contributed by atoms with E-state index in [0.717, 1.165) is 0 Å². The normalized spacial score (nSPS) is 12.3. The molecule has 1 unspecified atom stereocenters. The molecule has 82 valence electrons. The summed E-state index contributed by atoms with van der Waals surface area (Å²) in [6.45, 7) is 1.56. The van der Waals surface area contributed by atoms with Crippen molar-refractivity contribution in [3.63, 3.8) is 0 Å². The van der Waals surface area contributed by atoms with E-state index in [-0.39, 0.29) is 10.7 Å². The van der Waals surface area contributed by atoms with Crippen LogP contribution in [0.3, 0.4) is 0 Å². The maximum Gasteiger partial charge on any atom is 0.253 e. The first-order valence-corrected chi connectivity index (χ1v) is 4.71. The molecule has 0 aromatic heterocycles. The van der Waals surface area contributed by atoms with E-state index in [1.807, 2.05) is 0 Å². The topological polar surface area (TPSA) is 38.3 Å². The first-order valence-electron chi connectivity index (χ1n) is 4.34. The van der Waals surface area contributed by atoms with E-state index in [2.05, 4.69) is 5.32 Å². The van der Waals surface area contributed by atoms with Crippen LogP contribution in [-0.2, 0) is 9.53 Å². The number of rotatable bonds is 3. The highest BCUT2D eigenvalue weighted by Gasteiger charge is 2.15. The zero-order chi connectivity index (χ0) is 11.4. The van der Waals surface area contributed by atoms with Crippen LogP contribution in [0.1, 0.15) is 6.92 Å². The van der Waals surface area contributed by atoms with Crippen LogP contribution in [0.4, 0.5) is 10.1 Å². The number of benzene rings is 1. The van der Waals surface area contributed by atoms with Crippen molar-refractivity contribution >= 4 is 23.2 Å². The summed E-state index contributed by atoms with van der Waals surface area (Å²) < 4.78 is 18.0. The molecule has 1 rings (SSSR count). The first-order chi connectivity index (χ1) is 7.06. The summed E-state index contributed by atoms with van der Waals surface area (Å²) in [7, 11) is 1.40. The van der Waals surface area contributed by atoms with Crippen molar-refractivity contribution < 1.29 is 13.9 Å². The molecular formula is C10H11ClFNO2. The number of carbonyl (C=O) groups is 1. The van der Waals surface area contributed by atoms with Crippen LogP contribution < -0.4 is 5.32 Å². The average molecular weight is 232 g/mol. The van der Waals surface area contributed by atoms with Gasteiger partial charge >= 0.3 is 0 Å². The zero-order valence-electron chi connectivity index (χ0n) is 8.38. The van der Waals surface area contributed by atoms with Gasteiger partial charge in [0, 0.05) is 7.11 Å². The molecule has 0 fully saturated rings. The molecule has 1 N–H and O–H groups in total. The molecule has 0 spiro atoms. The summed E-state index contributed by atoms with van der Waals surface area (Å²) in [6, 6.07) is 4.18. The Hall–Kier alpha value is -1.13. The van der Waals surface area contributed by atoms with Crippen molar-refractivity contribution in [2.45, 2.75) is 13.0 Å². The van der Waals surface area contributed by atoms with Gasteiger partial charge in [-0.3, -0.25) is 4.79 Å². The van der Waals surface area contributed by atoms with Crippen molar-refractivity contribution in [2.75, 3.05) is 12.4 Å². The molecule has 0 aliphatic rings. The van der Waals surface area contributed by atoms with E-state index in [4.69, 9.17) is 16.3 Å². The Kier molecular flexibility index (Phi) is 4.05. The van der Waals surface area contributed by atoms with Crippen LogP contribution in [0.5, 0.6) is 0 Å². The van der Waals surface area contributed by atoms with E-state index in [9.17, 15) is 9.18 Å². The summed E-state index contributed by atoms with van der Waals surface area (Å²) in [5.41, 5.74) is -0.0203. The number of hydrogen-bond acceptors (Lipinski definition) is 2. The molecule has 5 heteroatoms. The van der Waals surface area contributed by atoms with Gasteiger partial charge in [0.2, 0.25) is 0 Å². The van der Waals surface area contributed by atoms with E-state index >= 15 is 0 Å². The molecule has 1 aromatic rings. The summed E-state index contributed by atoms with van der Waals surface area (Å²) in [4.78, 5) is 11.4. The van der Waals surface area contributed by atoms with Crippen molar-refractivity contribution in [1.82, 2.24) is 0 Å². The SMILES string of the molecule is COC(C)C(=O)Nc1c(F)cccc1Cl. The summed E-state index contributed by atoms with van der Waals surface area (Å²) in [5.74, 6) is -1.01. The molecule has 0 radical (unpaired) electrons. The number of carbonyl (C=O) groups excluding carboxylic acids is 1. The highest BCUT2D eigenvalue weighted by Crippen LogP contribution is 2.24. The Morgan fingerprint density at radius 2 is 2.27 bits per heavy atom. The second kappa shape index (κ2) is 5.09. The van der Waals surface area contributed by atoms with Gasteiger partial charge in [-0.15, -0.1) is 0 Å². The molecule has 15 heavy (non-hydrogen) atoms. The second-order valence-corrected chi connectivity index (χ2v) is 3.37. The van der Waals surface area contributed by atoms with Gasteiger partial charge in [0.05, 0.1) is 10.7 Å². The Bertz CT molecular complexity index is 350. The third-order valence-corrected chi connectivity index (χ3v) is 2.25. The quantitative estimate of drug-likeness (QED) is 0.868. The lowest BCUT2D eigenvalue weighted by molar-refractivity contribution is -0.124. The summed E-state index contributed by atoms with van der Waals surface area (Å²) >= 11 is 5.73. The minimum Gasteiger partial charge on any atom is -0.372 e. The lowest BCUT2D eigenvalue weighted by Crippen LogP contribution is -2.27. The van der Waals surface area contributed by atoms with Crippen LogP contribution >= 0.6 is 11.6 Å². The Morgan fingerprint density at radius 1 is 1.60 bits per heavy atom. The highest BCUT2D eigenvalue weighted by atomic mass is 35.5. The van der Waals surface area contributed by atoms with E-state index in [0.29, 0.717) is 0 Å². The number of nitrogens with one attached hydrogen (secondary N) is 1. The molecule has 3 nitrogen and oxygen atoms in total. The van der Waals surface area contributed by atoms with Gasteiger partial charge in [0.1, 0.15) is 11.9 Å².